The molecular formula is C27H37BO2. The van der Waals surface area contributed by atoms with Gasteiger partial charge in [0.05, 0.1) is 11.2 Å². The third kappa shape index (κ3) is 3.00. The van der Waals surface area contributed by atoms with Crippen LogP contribution in [-0.2, 0) is 20.1 Å². The maximum Gasteiger partial charge on any atom is 0.494 e. The van der Waals surface area contributed by atoms with Crippen LogP contribution in [0.15, 0.2) is 36.4 Å². The highest BCUT2D eigenvalue weighted by Crippen LogP contribution is 2.53. The van der Waals surface area contributed by atoms with E-state index in [9.17, 15) is 0 Å². The van der Waals surface area contributed by atoms with E-state index in [2.05, 4.69) is 98.7 Å². The fourth-order valence-corrected chi connectivity index (χ4v) is 5.12. The van der Waals surface area contributed by atoms with Crippen molar-refractivity contribution >= 4 is 12.6 Å². The monoisotopic (exact) mass is 404 g/mol. The Morgan fingerprint density at radius 2 is 1.27 bits per heavy atom. The molecule has 2 nitrogen and oxygen atoms in total. The van der Waals surface area contributed by atoms with Crippen molar-refractivity contribution in [1.29, 1.82) is 0 Å². The van der Waals surface area contributed by atoms with Crippen molar-refractivity contribution in [3.8, 4) is 11.1 Å². The molecule has 0 unspecified atom stereocenters. The van der Waals surface area contributed by atoms with Gasteiger partial charge in [0, 0.05) is 5.41 Å². The molecule has 0 saturated carbocycles. The summed E-state index contributed by atoms with van der Waals surface area (Å²) in [6.45, 7) is 20.0. The molecule has 30 heavy (non-hydrogen) atoms. The third-order valence-corrected chi connectivity index (χ3v) is 7.98. The molecule has 0 amide bonds. The summed E-state index contributed by atoms with van der Waals surface area (Å²) in [7, 11) is -0.319. The second-order valence-corrected chi connectivity index (χ2v) is 11.2. The van der Waals surface area contributed by atoms with E-state index in [0.29, 0.717) is 0 Å². The van der Waals surface area contributed by atoms with Crippen molar-refractivity contribution in [2.45, 2.75) is 97.2 Å². The van der Waals surface area contributed by atoms with E-state index in [0.717, 1.165) is 18.3 Å². The van der Waals surface area contributed by atoms with E-state index in [1.54, 1.807) is 0 Å². The molecule has 1 aliphatic carbocycles. The van der Waals surface area contributed by atoms with Gasteiger partial charge in [-0.1, -0.05) is 71.0 Å². The Labute approximate surface area is 183 Å². The lowest BCUT2D eigenvalue weighted by atomic mass is 9.70. The summed E-state index contributed by atoms with van der Waals surface area (Å²) in [6.07, 6.45) is 2.17. The molecule has 1 heterocycles. The lowest BCUT2D eigenvalue weighted by Crippen LogP contribution is -2.41. The summed E-state index contributed by atoms with van der Waals surface area (Å²) in [5, 5.41) is 0. The maximum absolute atomic E-state index is 6.36. The zero-order valence-corrected chi connectivity index (χ0v) is 20.3. The number of hydrogen-bond donors (Lipinski definition) is 0. The Kier molecular flexibility index (Phi) is 4.84. The Morgan fingerprint density at radius 1 is 0.767 bits per heavy atom. The predicted octanol–water partition coefficient (Wildman–Crippen LogP) is 6.37. The molecular weight excluding hydrogens is 367 g/mol. The Hall–Kier alpha value is -1.58. The van der Waals surface area contributed by atoms with Crippen LogP contribution in [0.5, 0.6) is 0 Å². The van der Waals surface area contributed by atoms with Gasteiger partial charge in [0.2, 0.25) is 0 Å². The number of hydrogen-bond acceptors (Lipinski definition) is 2. The first-order chi connectivity index (χ1) is 13.9. The summed E-state index contributed by atoms with van der Waals surface area (Å²) in [5.41, 5.74) is 7.76. The average Bonchev–Trinajstić information content (AvgIpc) is 3.07. The van der Waals surface area contributed by atoms with E-state index in [-0.39, 0.29) is 29.2 Å². The SMILES string of the molecule is CCC1(CC)c2cc(B3OC(C)(C)C(C)(C)O3)ccc2-c2ccc(C(C)(C)C)cc21. The molecule has 2 aliphatic rings. The predicted molar refractivity (Wildman–Crippen MR) is 128 cm³/mol. The van der Waals surface area contributed by atoms with Gasteiger partial charge < -0.3 is 9.31 Å². The first-order valence-electron chi connectivity index (χ1n) is 11.5. The molecule has 3 heteroatoms. The molecule has 0 bridgehead atoms. The molecule has 4 rings (SSSR count). The van der Waals surface area contributed by atoms with Crippen molar-refractivity contribution in [3.05, 3.63) is 53.1 Å². The highest BCUT2D eigenvalue weighted by Gasteiger charge is 2.52. The Morgan fingerprint density at radius 3 is 1.77 bits per heavy atom. The summed E-state index contributed by atoms with van der Waals surface area (Å²) >= 11 is 0. The van der Waals surface area contributed by atoms with Crippen LogP contribution >= 0.6 is 0 Å². The molecule has 1 aliphatic heterocycles. The quantitative estimate of drug-likeness (QED) is 0.554. The standard InChI is InChI=1S/C27H37BO2/c1-10-27(11-2)22-16-18(24(3,4)5)12-14-20(22)21-15-13-19(17-23(21)27)28-29-25(6,7)26(8,9)30-28/h12-17H,10-11H2,1-9H3. The number of rotatable bonds is 3. The van der Waals surface area contributed by atoms with E-state index in [1.165, 1.54) is 27.8 Å². The van der Waals surface area contributed by atoms with Crippen LogP contribution < -0.4 is 5.46 Å². The lowest BCUT2D eigenvalue weighted by Gasteiger charge is -2.32. The third-order valence-electron chi connectivity index (χ3n) is 7.98. The molecule has 0 N–H and O–H groups in total. The summed E-state index contributed by atoms with van der Waals surface area (Å²) in [4.78, 5) is 0. The van der Waals surface area contributed by atoms with Crippen molar-refractivity contribution in [1.82, 2.24) is 0 Å². The largest absolute Gasteiger partial charge is 0.494 e. The van der Waals surface area contributed by atoms with Crippen LogP contribution in [0.1, 0.15) is 91.8 Å². The topological polar surface area (TPSA) is 18.5 Å². The van der Waals surface area contributed by atoms with Crippen LogP contribution in [0.3, 0.4) is 0 Å². The molecule has 0 atom stereocenters. The minimum atomic E-state index is -0.326. The molecule has 1 fully saturated rings. The number of fused-ring (bicyclic) bond motifs is 3. The first kappa shape index (κ1) is 21.6. The van der Waals surface area contributed by atoms with Crippen LogP contribution in [0.25, 0.3) is 11.1 Å². The van der Waals surface area contributed by atoms with Crippen LogP contribution in [0, 0.1) is 0 Å². The fourth-order valence-electron chi connectivity index (χ4n) is 5.12. The van der Waals surface area contributed by atoms with E-state index in [1.807, 2.05) is 0 Å². The van der Waals surface area contributed by atoms with Gasteiger partial charge in [-0.05, 0) is 79.2 Å². The van der Waals surface area contributed by atoms with Gasteiger partial charge in [0.25, 0.3) is 0 Å². The van der Waals surface area contributed by atoms with Gasteiger partial charge in [-0.25, -0.2) is 0 Å². The molecule has 1 saturated heterocycles. The van der Waals surface area contributed by atoms with Crippen LogP contribution in [0.2, 0.25) is 0 Å². The molecule has 160 valence electrons. The zero-order chi connectivity index (χ0) is 22.1. The molecule has 0 aromatic heterocycles. The van der Waals surface area contributed by atoms with E-state index >= 15 is 0 Å². The minimum absolute atomic E-state index is 0.0472. The van der Waals surface area contributed by atoms with Gasteiger partial charge in [-0.2, -0.15) is 0 Å². The normalized spacial score (nSPS) is 20.9. The maximum atomic E-state index is 6.36. The van der Waals surface area contributed by atoms with Gasteiger partial charge in [0.1, 0.15) is 0 Å². The van der Waals surface area contributed by atoms with Gasteiger partial charge in [0.15, 0.2) is 0 Å². The minimum Gasteiger partial charge on any atom is -0.399 e. The zero-order valence-electron chi connectivity index (χ0n) is 20.3. The Bertz CT molecular complexity index is 961. The van der Waals surface area contributed by atoms with Crippen molar-refractivity contribution < 1.29 is 9.31 Å². The van der Waals surface area contributed by atoms with Gasteiger partial charge in [-0.3, -0.25) is 0 Å². The number of benzene rings is 2. The van der Waals surface area contributed by atoms with Crippen molar-refractivity contribution in [3.63, 3.8) is 0 Å². The van der Waals surface area contributed by atoms with Gasteiger partial charge >= 0.3 is 7.12 Å². The lowest BCUT2D eigenvalue weighted by molar-refractivity contribution is 0.00578. The van der Waals surface area contributed by atoms with Gasteiger partial charge in [-0.15, -0.1) is 0 Å². The summed E-state index contributed by atoms with van der Waals surface area (Å²) in [5.74, 6) is 0. The second-order valence-electron chi connectivity index (χ2n) is 11.2. The first-order valence-corrected chi connectivity index (χ1v) is 11.5. The van der Waals surface area contributed by atoms with Crippen LogP contribution in [-0.4, -0.2) is 18.3 Å². The molecule has 0 spiro atoms. The van der Waals surface area contributed by atoms with Crippen molar-refractivity contribution in [2.75, 3.05) is 0 Å². The molecule has 2 aromatic rings. The molecule has 0 radical (unpaired) electrons. The highest BCUT2D eigenvalue weighted by atomic mass is 16.7. The van der Waals surface area contributed by atoms with E-state index in [4.69, 9.17) is 9.31 Å². The summed E-state index contributed by atoms with van der Waals surface area (Å²) < 4.78 is 12.7. The highest BCUT2D eigenvalue weighted by molar-refractivity contribution is 6.62. The van der Waals surface area contributed by atoms with Crippen molar-refractivity contribution in [2.24, 2.45) is 0 Å². The Balaban J connectivity index is 1.84. The van der Waals surface area contributed by atoms with E-state index < -0.39 is 0 Å². The fraction of sp³-hybridized carbons (Fsp3) is 0.556. The van der Waals surface area contributed by atoms with Crippen LogP contribution in [0.4, 0.5) is 0 Å². The second kappa shape index (κ2) is 6.71. The smallest absolute Gasteiger partial charge is 0.399 e. The molecule has 2 aromatic carbocycles. The average molecular weight is 404 g/mol. The summed E-state index contributed by atoms with van der Waals surface area (Å²) in [6, 6.07) is 14.0.